The number of hydrogen-bond acceptors (Lipinski definition) is 4. The van der Waals surface area contributed by atoms with E-state index in [2.05, 4.69) is 28.5 Å². The van der Waals surface area contributed by atoms with Crippen LogP contribution in [0.3, 0.4) is 0 Å². The van der Waals surface area contributed by atoms with Gasteiger partial charge in [-0.25, -0.2) is 4.98 Å². The molecule has 2 heterocycles. The molecule has 0 spiro atoms. The fraction of sp³-hybridized carbons (Fsp3) is 0.750. The molecule has 0 bridgehead atoms. The molecule has 2 saturated carbocycles. The Labute approximate surface area is 146 Å². The second-order valence-corrected chi connectivity index (χ2v) is 7.97. The summed E-state index contributed by atoms with van der Waals surface area (Å²) in [6.07, 6.45) is 11.7. The third-order valence-corrected chi connectivity index (χ3v) is 6.39. The number of rotatable bonds is 5. The number of methoxy groups -OCH3 is 1. The Hall–Kier alpha value is -1.13. The lowest BCUT2D eigenvalue weighted by molar-refractivity contribution is 0.100. The maximum atomic E-state index is 5.54. The van der Waals surface area contributed by atoms with E-state index in [1.165, 1.54) is 50.5 Å². The maximum absolute atomic E-state index is 5.54. The molecule has 4 rings (SSSR count). The van der Waals surface area contributed by atoms with Gasteiger partial charge >= 0.3 is 0 Å². The lowest BCUT2D eigenvalue weighted by Gasteiger charge is -2.27. The molecular weight excluding hydrogens is 298 g/mol. The summed E-state index contributed by atoms with van der Waals surface area (Å²) in [5.74, 6) is 2.92. The summed E-state index contributed by atoms with van der Waals surface area (Å²) in [5, 5.41) is 3.76. The molecule has 132 valence electrons. The van der Waals surface area contributed by atoms with Crippen molar-refractivity contribution in [2.75, 3.05) is 25.1 Å². The number of aromatic nitrogens is 1. The first-order valence-electron chi connectivity index (χ1n) is 9.78. The molecule has 1 N–H and O–H groups in total. The summed E-state index contributed by atoms with van der Waals surface area (Å²) in [5.41, 5.74) is 1.31. The minimum absolute atomic E-state index is 0.521. The van der Waals surface area contributed by atoms with E-state index in [0.29, 0.717) is 12.1 Å². The normalized spacial score (nSPS) is 33.0. The molecule has 1 aromatic heterocycles. The van der Waals surface area contributed by atoms with Gasteiger partial charge in [-0.1, -0.05) is 6.07 Å². The zero-order valence-electron chi connectivity index (χ0n) is 14.9. The molecule has 0 radical (unpaired) electrons. The topological polar surface area (TPSA) is 37.4 Å². The van der Waals surface area contributed by atoms with Crippen molar-refractivity contribution in [2.45, 2.75) is 63.6 Å². The van der Waals surface area contributed by atoms with Gasteiger partial charge in [-0.15, -0.1) is 0 Å². The first-order chi connectivity index (χ1) is 11.8. The fourth-order valence-corrected chi connectivity index (χ4v) is 5.01. The van der Waals surface area contributed by atoms with Crippen molar-refractivity contribution in [3.8, 4) is 0 Å². The highest BCUT2D eigenvalue weighted by molar-refractivity contribution is 5.39. The van der Waals surface area contributed by atoms with E-state index in [1.54, 1.807) is 0 Å². The van der Waals surface area contributed by atoms with Gasteiger partial charge in [-0.2, -0.15) is 0 Å². The predicted molar refractivity (Wildman–Crippen MR) is 97.2 cm³/mol. The largest absolute Gasteiger partial charge is 0.381 e. The molecule has 0 amide bonds. The summed E-state index contributed by atoms with van der Waals surface area (Å²) in [6.45, 7) is 3.28. The molecule has 24 heavy (non-hydrogen) atoms. The van der Waals surface area contributed by atoms with Crippen molar-refractivity contribution < 1.29 is 4.74 Å². The van der Waals surface area contributed by atoms with E-state index in [0.717, 1.165) is 37.3 Å². The summed E-state index contributed by atoms with van der Waals surface area (Å²) in [4.78, 5) is 7.12. The van der Waals surface area contributed by atoms with Gasteiger partial charge < -0.3 is 15.0 Å². The summed E-state index contributed by atoms with van der Waals surface area (Å²) in [7, 11) is 1.86. The lowest BCUT2D eigenvalue weighted by atomic mass is 10.0. The van der Waals surface area contributed by atoms with E-state index in [9.17, 15) is 0 Å². The Bertz CT molecular complexity index is 512. The number of pyridine rings is 1. The second-order valence-electron chi connectivity index (χ2n) is 7.97. The Morgan fingerprint density at radius 2 is 1.83 bits per heavy atom. The highest BCUT2D eigenvalue weighted by Gasteiger charge is 2.41. The van der Waals surface area contributed by atoms with E-state index in [1.807, 2.05) is 7.11 Å². The number of anilines is 1. The summed E-state index contributed by atoms with van der Waals surface area (Å²) < 4.78 is 5.54. The smallest absolute Gasteiger partial charge is 0.128 e. The van der Waals surface area contributed by atoms with E-state index in [-0.39, 0.29) is 0 Å². The highest BCUT2D eigenvalue weighted by atomic mass is 16.5. The van der Waals surface area contributed by atoms with Gasteiger partial charge in [0.1, 0.15) is 5.82 Å². The quantitative estimate of drug-likeness (QED) is 0.899. The maximum Gasteiger partial charge on any atom is 0.128 e. The van der Waals surface area contributed by atoms with E-state index < -0.39 is 0 Å². The van der Waals surface area contributed by atoms with Crippen molar-refractivity contribution in [3.05, 3.63) is 23.9 Å². The SMILES string of the molecule is COC1C[C@H]2CC(NCc3ccc(N4CCCCC4)nc3)C[C@H]2C1. The third kappa shape index (κ3) is 3.60. The number of nitrogens with zero attached hydrogens (tertiary/aromatic N) is 2. The minimum Gasteiger partial charge on any atom is -0.381 e. The van der Waals surface area contributed by atoms with Gasteiger partial charge in [0.25, 0.3) is 0 Å². The highest BCUT2D eigenvalue weighted by Crippen LogP contribution is 2.45. The molecule has 4 heteroatoms. The molecule has 4 atom stereocenters. The Morgan fingerprint density at radius 3 is 2.46 bits per heavy atom. The molecule has 4 nitrogen and oxygen atoms in total. The van der Waals surface area contributed by atoms with Gasteiger partial charge in [-0.3, -0.25) is 0 Å². The van der Waals surface area contributed by atoms with Crippen molar-refractivity contribution in [3.63, 3.8) is 0 Å². The molecule has 1 aromatic rings. The fourth-order valence-electron chi connectivity index (χ4n) is 5.01. The van der Waals surface area contributed by atoms with Crippen LogP contribution in [-0.2, 0) is 11.3 Å². The number of piperidine rings is 1. The van der Waals surface area contributed by atoms with Crippen LogP contribution in [0.25, 0.3) is 0 Å². The van der Waals surface area contributed by atoms with E-state index >= 15 is 0 Å². The van der Waals surface area contributed by atoms with Crippen molar-refractivity contribution in [2.24, 2.45) is 11.8 Å². The summed E-state index contributed by atoms with van der Waals surface area (Å²) >= 11 is 0. The molecule has 1 aliphatic heterocycles. The van der Waals surface area contributed by atoms with Crippen LogP contribution in [-0.4, -0.2) is 37.3 Å². The standard InChI is InChI=1S/C20H31N3O/c1-24-19-11-16-9-18(10-17(16)12-19)21-13-15-5-6-20(22-14-15)23-7-3-2-4-8-23/h5-6,14,16-19,21H,2-4,7-13H2,1H3/t16-,17+,18?,19?. The van der Waals surface area contributed by atoms with Gasteiger partial charge in [0.05, 0.1) is 6.10 Å². The van der Waals surface area contributed by atoms with Gasteiger partial charge in [0, 0.05) is 39.0 Å². The molecule has 2 unspecified atom stereocenters. The monoisotopic (exact) mass is 329 g/mol. The molecule has 1 saturated heterocycles. The van der Waals surface area contributed by atoms with Crippen LogP contribution >= 0.6 is 0 Å². The van der Waals surface area contributed by atoms with E-state index in [4.69, 9.17) is 9.72 Å². The molecule has 0 aromatic carbocycles. The van der Waals surface area contributed by atoms with Crippen LogP contribution in [0.2, 0.25) is 0 Å². The van der Waals surface area contributed by atoms with Crippen molar-refractivity contribution in [1.82, 2.24) is 10.3 Å². The summed E-state index contributed by atoms with van der Waals surface area (Å²) in [6, 6.07) is 5.13. The Kier molecular flexibility index (Phi) is 5.04. The van der Waals surface area contributed by atoms with Gasteiger partial charge in [-0.05, 0) is 68.4 Å². The van der Waals surface area contributed by atoms with Crippen LogP contribution in [0.4, 0.5) is 5.82 Å². The molecular formula is C20H31N3O. The number of hydrogen-bond donors (Lipinski definition) is 1. The van der Waals surface area contributed by atoms with Crippen molar-refractivity contribution >= 4 is 5.82 Å². The van der Waals surface area contributed by atoms with Crippen LogP contribution in [0, 0.1) is 11.8 Å². The Balaban J connectivity index is 1.25. The van der Waals surface area contributed by atoms with Gasteiger partial charge in [0.15, 0.2) is 0 Å². The molecule has 3 aliphatic rings. The zero-order valence-corrected chi connectivity index (χ0v) is 14.9. The zero-order chi connectivity index (χ0) is 16.4. The average Bonchev–Trinajstić information content (AvgIpc) is 3.19. The molecule has 3 fully saturated rings. The first-order valence-corrected chi connectivity index (χ1v) is 9.78. The van der Waals surface area contributed by atoms with Gasteiger partial charge in [0.2, 0.25) is 0 Å². The lowest BCUT2D eigenvalue weighted by Crippen LogP contribution is -2.30. The second kappa shape index (κ2) is 7.40. The number of fused-ring (bicyclic) bond motifs is 1. The predicted octanol–water partition coefficient (Wildman–Crippen LogP) is 3.37. The first kappa shape index (κ1) is 16.3. The van der Waals surface area contributed by atoms with Crippen LogP contribution in [0.1, 0.15) is 50.5 Å². The van der Waals surface area contributed by atoms with Crippen LogP contribution in [0.5, 0.6) is 0 Å². The number of nitrogens with one attached hydrogen (secondary N) is 1. The third-order valence-electron chi connectivity index (χ3n) is 6.39. The van der Waals surface area contributed by atoms with Crippen LogP contribution in [0.15, 0.2) is 18.3 Å². The number of ether oxygens (including phenoxy) is 1. The van der Waals surface area contributed by atoms with Crippen LogP contribution < -0.4 is 10.2 Å². The van der Waals surface area contributed by atoms with Crippen molar-refractivity contribution in [1.29, 1.82) is 0 Å². The molecule has 2 aliphatic carbocycles. The average molecular weight is 329 g/mol. The Morgan fingerprint density at radius 1 is 1.08 bits per heavy atom. The minimum atomic E-state index is 0.521.